The van der Waals surface area contributed by atoms with Crippen LogP contribution in [-0.2, 0) is 0 Å². The van der Waals surface area contributed by atoms with E-state index in [1.807, 2.05) is 36.4 Å². The molecule has 0 fully saturated rings. The number of carbonyl (C=O) groups is 1. The Morgan fingerprint density at radius 2 is 1.83 bits per heavy atom. The molecule has 0 radical (unpaired) electrons. The second kappa shape index (κ2) is 6.89. The van der Waals surface area contributed by atoms with Gasteiger partial charge in [0.2, 0.25) is 0 Å². The molecule has 5 nitrogen and oxygen atoms in total. The lowest BCUT2D eigenvalue weighted by molar-refractivity contribution is 0.262. The highest BCUT2D eigenvalue weighted by atomic mass is 35.5. The van der Waals surface area contributed by atoms with Crippen molar-refractivity contribution in [2.75, 3.05) is 10.6 Å². The van der Waals surface area contributed by atoms with Crippen molar-refractivity contribution in [3.05, 3.63) is 72.1 Å². The van der Waals surface area contributed by atoms with E-state index in [0.29, 0.717) is 16.5 Å². The predicted molar refractivity (Wildman–Crippen MR) is 91.6 cm³/mol. The van der Waals surface area contributed by atoms with Crippen LogP contribution in [0.3, 0.4) is 0 Å². The van der Waals surface area contributed by atoms with E-state index in [-0.39, 0.29) is 0 Å². The number of nitrogens with one attached hydrogen (secondary N) is 2. The van der Waals surface area contributed by atoms with Crippen LogP contribution in [0.25, 0.3) is 11.1 Å². The molecule has 0 spiro atoms. The Labute approximate surface area is 138 Å². The monoisotopic (exact) mass is 324 g/mol. The van der Waals surface area contributed by atoms with Crippen LogP contribution in [0, 0.1) is 0 Å². The number of amides is 2. The van der Waals surface area contributed by atoms with Gasteiger partial charge in [0.1, 0.15) is 0 Å². The zero-order valence-electron chi connectivity index (χ0n) is 12.0. The number of hydrogen-bond acceptors (Lipinski definition) is 3. The minimum Gasteiger partial charge on any atom is -0.308 e. The van der Waals surface area contributed by atoms with Crippen molar-refractivity contribution in [2.24, 2.45) is 0 Å². The van der Waals surface area contributed by atoms with Gasteiger partial charge in [-0.15, -0.1) is 0 Å². The van der Waals surface area contributed by atoms with Crippen molar-refractivity contribution in [1.82, 2.24) is 9.97 Å². The van der Waals surface area contributed by atoms with E-state index < -0.39 is 6.03 Å². The lowest BCUT2D eigenvalue weighted by Crippen LogP contribution is -2.20. The molecule has 0 aliphatic rings. The molecule has 1 heterocycles. The van der Waals surface area contributed by atoms with Crippen LogP contribution in [0.1, 0.15) is 0 Å². The van der Waals surface area contributed by atoms with Crippen molar-refractivity contribution in [3.8, 4) is 11.1 Å². The second-order valence-electron chi connectivity index (χ2n) is 4.73. The van der Waals surface area contributed by atoms with Crippen LogP contribution in [-0.4, -0.2) is 16.0 Å². The number of nitrogens with zero attached hydrogens (tertiary/aromatic N) is 2. The molecule has 6 heteroatoms. The summed E-state index contributed by atoms with van der Waals surface area (Å²) in [6.45, 7) is 0. The summed E-state index contributed by atoms with van der Waals surface area (Å²) in [7, 11) is 0. The van der Waals surface area contributed by atoms with Crippen molar-refractivity contribution in [2.45, 2.75) is 0 Å². The molecule has 0 aliphatic heterocycles. The van der Waals surface area contributed by atoms with Crippen molar-refractivity contribution >= 4 is 29.1 Å². The number of hydrogen-bond donors (Lipinski definition) is 2. The normalized spacial score (nSPS) is 10.1. The van der Waals surface area contributed by atoms with Gasteiger partial charge in [-0.1, -0.05) is 48.0 Å². The van der Waals surface area contributed by atoms with E-state index in [1.54, 1.807) is 12.1 Å². The number of benzene rings is 2. The maximum absolute atomic E-state index is 11.9. The van der Waals surface area contributed by atoms with E-state index in [9.17, 15) is 4.79 Å². The van der Waals surface area contributed by atoms with Crippen LogP contribution in [0.5, 0.6) is 0 Å². The van der Waals surface area contributed by atoms with Crippen LogP contribution >= 0.6 is 11.6 Å². The highest BCUT2D eigenvalue weighted by molar-refractivity contribution is 6.33. The number of carbonyl (C=O) groups excluding carboxylic acids is 1. The Morgan fingerprint density at radius 3 is 2.52 bits per heavy atom. The van der Waals surface area contributed by atoms with Crippen molar-refractivity contribution in [1.29, 1.82) is 0 Å². The highest BCUT2D eigenvalue weighted by Gasteiger charge is 2.07. The molecule has 114 valence electrons. The Morgan fingerprint density at radius 1 is 1.00 bits per heavy atom. The average Bonchev–Trinajstić information content (AvgIpc) is 2.56. The topological polar surface area (TPSA) is 66.9 Å². The standard InChI is InChI=1S/C17H13ClN4O/c18-15-10-13(6-7-14(15)12-4-2-1-3-5-12)21-17(23)22-16-11-19-8-9-20-16/h1-11H,(H2,20,21,22,23). The zero-order chi connectivity index (χ0) is 16.1. The molecule has 0 bridgehead atoms. The molecule has 0 saturated heterocycles. The first-order valence-electron chi connectivity index (χ1n) is 6.91. The maximum Gasteiger partial charge on any atom is 0.324 e. The Bertz CT molecular complexity index is 809. The van der Waals surface area contributed by atoms with Crippen molar-refractivity contribution in [3.63, 3.8) is 0 Å². The summed E-state index contributed by atoms with van der Waals surface area (Å²) in [6.07, 6.45) is 4.50. The van der Waals surface area contributed by atoms with Crippen molar-refractivity contribution < 1.29 is 4.79 Å². The summed E-state index contributed by atoms with van der Waals surface area (Å²) in [4.78, 5) is 19.8. The van der Waals surface area contributed by atoms with Gasteiger partial charge in [0.05, 0.1) is 11.2 Å². The Hall–Kier alpha value is -2.92. The van der Waals surface area contributed by atoms with Crippen LogP contribution < -0.4 is 10.6 Å². The third-order valence-corrected chi connectivity index (χ3v) is 3.43. The summed E-state index contributed by atoms with van der Waals surface area (Å²) >= 11 is 6.31. The molecule has 0 saturated carbocycles. The Balaban J connectivity index is 1.72. The van der Waals surface area contributed by atoms with Gasteiger partial charge < -0.3 is 5.32 Å². The number of rotatable bonds is 3. The summed E-state index contributed by atoms with van der Waals surface area (Å²) in [6, 6.07) is 14.8. The Kier molecular flexibility index (Phi) is 4.49. The molecule has 2 aromatic carbocycles. The highest BCUT2D eigenvalue weighted by Crippen LogP contribution is 2.30. The largest absolute Gasteiger partial charge is 0.324 e. The van der Waals surface area contributed by atoms with Gasteiger partial charge in [0, 0.05) is 23.6 Å². The van der Waals surface area contributed by atoms with Gasteiger partial charge in [-0.25, -0.2) is 9.78 Å². The van der Waals surface area contributed by atoms with Gasteiger partial charge >= 0.3 is 6.03 Å². The minimum atomic E-state index is -0.408. The van der Waals surface area contributed by atoms with Gasteiger partial charge in [-0.3, -0.25) is 10.3 Å². The molecule has 23 heavy (non-hydrogen) atoms. The first-order valence-corrected chi connectivity index (χ1v) is 7.29. The average molecular weight is 325 g/mol. The van der Waals surface area contributed by atoms with E-state index in [0.717, 1.165) is 11.1 Å². The quantitative estimate of drug-likeness (QED) is 0.748. The third kappa shape index (κ3) is 3.84. The van der Waals surface area contributed by atoms with E-state index in [2.05, 4.69) is 20.6 Å². The number of urea groups is 1. The molecule has 3 rings (SSSR count). The van der Waals surface area contributed by atoms with Gasteiger partial charge in [-0.2, -0.15) is 0 Å². The number of anilines is 2. The van der Waals surface area contributed by atoms with Gasteiger partial charge in [0.25, 0.3) is 0 Å². The van der Waals surface area contributed by atoms with Crippen LogP contribution in [0.2, 0.25) is 5.02 Å². The molecule has 2 N–H and O–H groups in total. The molecular weight excluding hydrogens is 312 g/mol. The smallest absolute Gasteiger partial charge is 0.308 e. The van der Waals surface area contributed by atoms with E-state index >= 15 is 0 Å². The fourth-order valence-corrected chi connectivity index (χ4v) is 2.38. The van der Waals surface area contributed by atoms with Gasteiger partial charge in [0.15, 0.2) is 5.82 Å². The summed E-state index contributed by atoms with van der Waals surface area (Å²) in [5, 5.41) is 5.86. The van der Waals surface area contributed by atoms with Gasteiger partial charge in [-0.05, 0) is 17.7 Å². The fourth-order valence-electron chi connectivity index (χ4n) is 2.09. The van der Waals surface area contributed by atoms with E-state index in [1.165, 1.54) is 18.6 Å². The predicted octanol–water partition coefficient (Wildman–Crippen LogP) is 4.44. The lowest BCUT2D eigenvalue weighted by Gasteiger charge is -2.09. The molecule has 1 aromatic heterocycles. The first kappa shape index (κ1) is 15.0. The molecule has 3 aromatic rings. The molecule has 2 amide bonds. The third-order valence-electron chi connectivity index (χ3n) is 3.12. The van der Waals surface area contributed by atoms with Crippen LogP contribution in [0.4, 0.5) is 16.3 Å². The maximum atomic E-state index is 11.9. The molecule has 0 aliphatic carbocycles. The lowest BCUT2D eigenvalue weighted by atomic mass is 10.1. The fraction of sp³-hybridized carbons (Fsp3) is 0. The first-order chi connectivity index (χ1) is 11.2. The van der Waals surface area contributed by atoms with E-state index in [4.69, 9.17) is 11.6 Å². The number of halogens is 1. The minimum absolute atomic E-state index is 0.372. The SMILES string of the molecule is O=C(Nc1ccc(-c2ccccc2)c(Cl)c1)Nc1cnccn1. The number of aromatic nitrogens is 2. The molecular formula is C17H13ClN4O. The van der Waals surface area contributed by atoms with Crippen LogP contribution in [0.15, 0.2) is 67.1 Å². The summed E-state index contributed by atoms with van der Waals surface area (Å²) in [5.41, 5.74) is 2.52. The zero-order valence-corrected chi connectivity index (χ0v) is 12.8. The molecule has 0 atom stereocenters. The summed E-state index contributed by atoms with van der Waals surface area (Å²) in [5.74, 6) is 0.372. The molecule has 0 unspecified atom stereocenters. The second-order valence-corrected chi connectivity index (χ2v) is 5.14. The summed E-state index contributed by atoms with van der Waals surface area (Å²) < 4.78 is 0.